The van der Waals surface area contributed by atoms with Gasteiger partial charge in [0, 0.05) is 12.1 Å². The first kappa shape index (κ1) is 20.4. The molecule has 0 unspecified atom stereocenters. The maximum atomic E-state index is 14.3. The number of aliphatic hydroxyl groups excluding tert-OH is 1. The number of nitrogens with zero attached hydrogens (tertiary/aromatic N) is 4. The van der Waals surface area contributed by atoms with Gasteiger partial charge in [-0.05, 0) is 70.5 Å². The lowest BCUT2D eigenvalue weighted by molar-refractivity contribution is 0.126. The van der Waals surface area contributed by atoms with E-state index in [0.29, 0.717) is 23.1 Å². The predicted molar refractivity (Wildman–Crippen MR) is 118 cm³/mol. The van der Waals surface area contributed by atoms with E-state index < -0.39 is 0 Å². The number of hydrogen-bond acceptors (Lipinski definition) is 7. The number of fused-ring (bicyclic) bond motifs is 1. The molecule has 31 heavy (non-hydrogen) atoms. The molecule has 1 aliphatic heterocycles. The number of allylic oxidation sites excluding steroid dienone is 3. The van der Waals surface area contributed by atoms with Crippen molar-refractivity contribution < 1.29 is 9.50 Å². The van der Waals surface area contributed by atoms with E-state index in [9.17, 15) is 9.50 Å². The Morgan fingerprint density at radius 2 is 1.81 bits per heavy atom. The molecule has 1 saturated carbocycles. The fraction of sp³-hybridized carbons (Fsp3) is 0.591. The van der Waals surface area contributed by atoms with Gasteiger partial charge in [-0.15, -0.1) is 0 Å². The number of rotatable bonds is 5. The van der Waals surface area contributed by atoms with Crippen LogP contribution < -0.4 is 16.0 Å². The first-order valence-corrected chi connectivity index (χ1v) is 11.4. The van der Waals surface area contributed by atoms with Crippen LogP contribution in [0.1, 0.15) is 57.4 Å². The lowest BCUT2D eigenvalue weighted by atomic mass is 9.93. The summed E-state index contributed by atoms with van der Waals surface area (Å²) in [4.78, 5) is 14.0. The highest BCUT2D eigenvalue weighted by Gasteiger charge is 2.25. The van der Waals surface area contributed by atoms with E-state index in [1.54, 1.807) is 12.3 Å². The molecular weight excluding hydrogens is 397 g/mol. The van der Waals surface area contributed by atoms with Crippen molar-refractivity contribution in [2.45, 2.75) is 69.6 Å². The number of nitrogens with one attached hydrogen (secondary N) is 3. The summed E-state index contributed by atoms with van der Waals surface area (Å²) < 4.78 is 16.5. The Bertz CT molecular complexity index is 987. The first-order valence-electron chi connectivity index (χ1n) is 11.4. The summed E-state index contributed by atoms with van der Waals surface area (Å²) in [5.74, 6) is 0.965. The Kier molecular flexibility index (Phi) is 5.87. The molecule has 3 aliphatic rings. The number of aliphatic hydroxyl groups is 1. The maximum absolute atomic E-state index is 14.3. The highest BCUT2D eigenvalue weighted by molar-refractivity contribution is 5.76. The molecule has 5 rings (SSSR count). The van der Waals surface area contributed by atoms with Crippen molar-refractivity contribution in [3.63, 3.8) is 0 Å². The number of anilines is 2. The van der Waals surface area contributed by atoms with Gasteiger partial charge in [0.2, 0.25) is 11.9 Å². The third-order valence-corrected chi connectivity index (χ3v) is 6.48. The van der Waals surface area contributed by atoms with E-state index in [4.69, 9.17) is 9.97 Å². The molecule has 2 aliphatic carbocycles. The van der Waals surface area contributed by atoms with E-state index in [-0.39, 0.29) is 24.0 Å². The third kappa shape index (κ3) is 4.43. The SMILES string of the molecule is OC1CCC(Nc2ncc3nc(NC4=CCCC=C4F)n(C4CCNCC4)c3n2)CC1. The zero-order valence-electron chi connectivity index (χ0n) is 17.6. The number of halogens is 1. The Morgan fingerprint density at radius 1 is 1.03 bits per heavy atom. The lowest BCUT2D eigenvalue weighted by Crippen LogP contribution is -2.30. The average molecular weight is 428 g/mol. The van der Waals surface area contributed by atoms with Gasteiger partial charge in [-0.1, -0.05) is 6.08 Å². The molecule has 166 valence electrons. The Morgan fingerprint density at radius 3 is 2.58 bits per heavy atom. The van der Waals surface area contributed by atoms with Gasteiger partial charge >= 0.3 is 0 Å². The normalized spacial score (nSPS) is 25.2. The number of aromatic nitrogens is 4. The summed E-state index contributed by atoms with van der Waals surface area (Å²) in [6, 6.07) is 0.498. The maximum Gasteiger partial charge on any atom is 0.224 e. The van der Waals surface area contributed by atoms with E-state index in [1.807, 2.05) is 6.08 Å². The zero-order chi connectivity index (χ0) is 21.2. The van der Waals surface area contributed by atoms with Gasteiger partial charge in [-0.2, -0.15) is 4.98 Å². The molecule has 9 heteroatoms. The van der Waals surface area contributed by atoms with E-state index in [1.165, 1.54) is 0 Å². The van der Waals surface area contributed by atoms with Gasteiger partial charge in [0.25, 0.3) is 0 Å². The number of piperidine rings is 1. The molecule has 0 spiro atoms. The largest absolute Gasteiger partial charge is 0.393 e. The van der Waals surface area contributed by atoms with Crippen LogP contribution in [0.2, 0.25) is 0 Å². The van der Waals surface area contributed by atoms with Crippen LogP contribution in [0.4, 0.5) is 16.3 Å². The minimum Gasteiger partial charge on any atom is -0.393 e. The van der Waals surface area contributed by atoms with Crippen molar-refractivity contribution in [2.75, 3.05) is 23.7 Å². The van der Waals surface area contributed by atoms with E-state index in [2.05, 4.69) is 25.5 Å². The number of imidazole rings is 1. The van der Waals surface area contributed by atoms with E-state index in [0.717, 1.165) is 70.1 Å². The molecule has 2 fully saturated rings. The Hall–Kier alpha value is -2.52. The van der Waals surface area contributed by atoms with Gasteiger partial charge in [-0.3, -0.25) is 4.57 Å². The molecule has 4 N–H and O–H groups in total. The van der Waals surface area contributed by atoms with Crippen molar-refractivity contribution in [3.8, 4) is 0 Å². The molecule has 0 radical (unpaired) electrons. The van der Waals surface area contributed by atoms with Gasteiger partial charge in [0.15, 0.2) is 5.65 Å². The van der Waals surface area contributed by atoms with Crippen LogP contribution in [-0.2, 0) is 0 Å². The minimum absolute atomic E-state index is 0.194. The minimum atomic E-state index is -0.233. The van der Waals surface area contributed by atoms with Gasteiger partial charge in [-0.25, -0.2) is 14.4 Å². The molecule has 0 aromatic carbocycles. The highest BCUT2D eigenvalue weighted by Crippen LogP contribution is 2.31. The predicted octanol–water partition coefficient (Wildman–Crippen LogP) is 3.41. The second-order valence-corrected chi connectivity index (χ2v) is 8.71. The second-order valence-electron chi connectivity index (χ2n) is 8.71. The summed E-state index contributed by atoms with van der Waals surface area (Å²) in [6.45, 7) is 1.86. The first-order chi connectivity index (χ1) is 15.2. The third-order valence-electron chi connectivity index (χ3n) is 6.48. The lowest BCUT2D eigenvalue weighted by Gasteiger charge is -2.27. The van der Waals surface area contributed by atoms with Crippen LogP contribution in [0.15, 0.2) is 29.9 Å². The molecule has 2 aromatic rings. The van der Waals surface area contributed by atoms with Gasteiger partial charge in [0.05, 0.1) is 18.0 Å². The molecule has 0 bridgehead atoms. The second kappa shape index (κ2) is 8.92. The molecular formula is C22H30FN7O. The number of hydrogen-bond donors (Lipinski definition) is 4. The smallest absolute Gasteiger partial charge is 0.224 e. The van der Waals surface area contributed by atoms with Crippen LogP contribution in [0.3, 0.4) is 0 Å². The van der Waals surface area contributed by atoms with Gasteiger partial charge < -0.3 is 21.1 Å². The van der Waals surface area contributed by atoms with Crippen molar-refractivity contribution in [2.24, 2.45) is 0 Å². The van der Waals surface area contributed by atoms with Crippen molar-refractivity contribution in [3.05, 3.63) is 29.9 Å². The van der Waals surface area contributed by atoms with Crippen LogP contribution >= 0.6 is 0 Å². The van der Waals surface area contributed by atoms with Gasteiger partial charge in [0.1, 0.15) is 11.3 Å². The van der Waals surface area contributed by atoms with Crippen LogP contribution in [-0.4, -0.2) is 49.9 Å². The molecule has 1 saturated heterocycles. The van der Waals surface area contributed by atoms with E-state index >= 15 is 0 Å². The van der Waals surface area contributed by atoms with Crippen LogP contribution in [0.25, 0.3) is 11.2 Å². The Balaban J connectivity index is 1.47. The zero-order valence-corrected chi connectivity index (χ0v) is 17.6. The monoisotopic (exact) mass is 427 g/mol. The van der Waals surface area contributed by atoms with Crippen LogP contribution in [0.5, 0.6) is 0 Å². The molecule has 0 amide bonds. The topological polar surface area (TPSA) is 99.9 Å². The molecule has 8 nitrogen and oxygen atoms in total. The quantitative estimate of drug-likeness (QED) is 0.580. The summed E-state index contributed by atoms with van der Waals surface area (Å²) in [7, 11) is 0. The van der Waals surface area contributed by atoms with Crippen molar-refractivity contribution in [1.82, 2.24) is 24.8 Å². The standard InChI is InChI=1S/C22H30FN7O/c23-17-3-1-2-4-18(17)27-22-28-19-13-25-21(26-14-5-7-16(31)8-6-14)29-20(19)30(22)15-9-11-24-12-10-15/h3-4,13-16,24,31H,1-2,5-12H2,(H,27,28)(H,25,26,29). The highest BCUT2D eigenvalue weighted by atomic mass is 19.1. The summed E-state index contributed by atoms with van der Waals surface area (Å²) >= 11 is 0. The molecule has 0 atom stereocenters. The van der Waals surface area contributed by atoms with Crippen LogP contribution in [0, 0.1) is 0 Å². The average Bonchev–Trinajstić information content (AvgIpc) is 3.15. The Labute approximate surface area is 181 Å². The summed E-state index contributed by atoms with van der Waals surface area (Å²) in [5.41, 5.74) is 1.94. The fourth-order valence-electron chi connectivity index (χ4n) is 4.74. The van der Waals surface area contributed by atoms with Crippen molar-refractivity contribution >= 4 is 23.1 Å². The summed E-state index contributed by atoms with van der Waals surface area (Å²) in [5, 5.41) is 19.8. The molecule has 2 aromatic heterocycles. The molecule has 3 heterocycles. The fourth-order valence-corrected chi connectivity index (χ4v) is 4.74. The van der Waals surface area contributed by atoms with Crippen molar-refractivity contribution in [1.29, 1.82) is 0 Å². The summed E-state index contributed by atoms with van der Waals surface area (Å²) in [6.07, 6.45) is 11.9.